The number of amides is 6. The first kappa shape index (κ1) is 42.2. The van der Waals surface area contributed by atoms with E-state index in [9.17, 15) is 48.9 Å². The van der Waals surface area contributed by atoms with Crippen molar-refractivity contribution in [3.63, 3.8) is 0 Å². The van der Waals surface area contributed by atoms with Gasteiger partial charge in [-0.2, -0.15) is 0 Å². The number of rotatable bonds is 23. The number of aliphatic carboxylic acids is 1. The van der Waals surface area contributed by atoms with Gasteiger partial charge in [-0.25, -0.2) is 4.79 Å². The molecule has 1 heterocycles. The van der Waals surface area contributed by atoms with Crippen molar-refractivity contribution in [2.75, 3.05) is 38.2 Å². The summed E-state index contributed by atoms with van der Waals surface area (Å²) in [7, 11) is 0. The quantitative estimate of drug-likeness (QED) is 0.0366. The van der Waals surface area contributed by atoms with E-state index in [1.807, 2.05) is 31.2 Å². The summed E-state index contributed by atoms with van der Waals surface area (Å²) in [6.45, 7) is 0.519. The summed E-state index contributed by atoms with van der Waals surface area (Å²) in [4.78, 5) is 85.9. The van der Waals surface area contributed by atoms with Gasteiger partial charge in [-0.05, 0) is 68.4 Å². The Bertz CT molecular complexity index is 1400. The van der Waals surface area contributed by atoms with E-state index in [-0.39, 0.29) is 48.8 Å². The summed E-state index contributed by atoms with van der Waals surface area (Å²) < 4.78 is 0. The second-order valence-corrected chi connectivity index (χ2v) is 12.0. The molecule has 0 aromatic heterocycles. The fraction of sp³-hybridized carbons (Fsp3) is 0.515. The maximum atomic E-state index is 12.7. The molecule has 9 N–H and O–H groups in total. The minimum Gasteiger partial charge on any atom is -0.480 e. The maximum Gasteiger partial charge on any atom is 0.326 e. The third-order valence-corrected chi connectivity index (χ3v) is 7.97. The summed E-state index contributed by atoms with van der Waals surface area (Å²) in [5.74, 6) is -4.91. The van der Waals surface area contributed by atoms with Crippen LogP contribution < -0.4 is 31.9 Å². The molecule has 18 heteroatoms. The van der Waals surface area contributed by atoms with Crippen LogP contribution in [-0.4, -0.2) is 118 Å². The molecule has 17 nitrogen and oxygen atoms in total. The third-order valence-electron chi connectivity index (χ3n) is 7.72. The van der Waals surface area contributed by atoms with E-state index >= 15 is 0 Å². The summed E-state index contributed by atoms with van der Waals surface area (Å²) in [6.07, 6.45) is 6.08. The van der Waals surface area contributed by atoms with Crippen molar-refractivity contribution >= 4 is 64.4 Å². The number of nitrogens with zero attached hydrogens (tertiary/aromatic N) is 1. The highest BCUT2D eigenvalue weighted by atomic mass is 32.1. The van der Waals surface area contributed by atoms with Crippen LogP contribution in [0.5, 0.6) is 0 Å². The van der Waals surface area contributed by atoms with Gasteiger partial charge in [-0.1, -0.05) is 25.5 Å². The molecular weight excluding hydrogens is 686 g/mol. The van der Waals surface area contributed by atoms with Crippen LogP contribution in [0.4, 0.5) is 5.69 Å². The van der Waals surface area contributed by atoms with Crippen LogP contribution in [0.1, 0.15) is 57.4 Å². The largest absolute Gasteiger partial charge is 0.480 e. The standard InChI is InChI=1S/C33H47N7O10S/c1-2-21-10-12-22(13-11-21)36-33(51)35-18-27(44)37-24(19-41)30(47)39-25(20-42)31(48)38-23(32(49)50)8-5-6-16-34-26(43)9-4-3-7-17-40-28(45)14-15-29(40)46/h10-15,23-25,41-42H,2-9,16-20H2,1H3,(H,34,43)(H,37,44)(H,38,48)(H,39,47)(H,49,50)(H2,35,36,51). The van der Waals surface area contributed by atoms with Crippen molar-refractivity contribution in [1.29, 1.82) is 0 Å². The van der Waals surface area contributed by atoms with Crippen LogP contribution in [0, 0.1) is 0 Å². The highest BCUT2D eigenvalue weighted by Crippen LogP contribution is 2.10. The molecule has 280 valence electrons. The number of unbranched alkanes of at least 4 members (excludes halogenated alkanes) is 3. The van der Waals surface area contributed by atoms with Gasteiger partial charge >= 0.3 is 5.97 Å². The average Bonchev–Trinajstić information content (AvgIpc) is 3.43. The van der Waals surface area contributed by atoms with E-state index in [0.717, 1.165) is 16.9 Å². The number of carboxylic acid groups (broad SMARTS) is 1. The van der Waals surface area contributed by atoms with Gasteiger partial charge in [0.1, 0.15) is 18.1 Å². The molecule has 3 atom stereocenters. The molecule has 1 aromatic carbocycles. The van der Waals surface area contributed by atoms with E-state index in [4.69, 9.17) is 12.2 Å². The van der Waals surface area contributed by atoms with E-state index in [2.05, 4.69) is 31.9 Å². The third kappa shape index (κ3) is 15.7. The zero-order chi connectivity index (χ0) is 37.8. The van der Waals surface area contributed by atoms with Gasteiger partial charge in [-0.3, -0.25) is 33.7 Å². The second-order valence-electron chi connectivity index (χ2n) is 11.6. The minimum absolute atomic E-state index is 0.00503. The molecule has 3 unspecified atom stereocenters. The molecule has 0 saturated heterocycles. The Hall–Kier alpha value is -4.94. The normalized spacial score (nSPS) is 13.9. The van der Waals surface area contributed by atoms with Gasteiger partial charge in [0.25, 0.3) is 11.8 Å². The van der Waals surface area contributed by atoms with E-state index in [1.165, 1.54) is 12.2 Å². The van der Waals surface area contributed by atoms with Crippen molar-refractivity contribution in [1.82, 2.24) is 31.5 Å². The lowest BCUT2D eigenvalue weighted by Crippen LogP contribution is -2.58. The Morgan fingerprint density at radius 1 is 0.765 bits per heavy atom. The van der Waals surface area contributed by atoms with Crippen molar-refractivity contribution in [2.24, 2.45) is 0 Å². The highest BCUT2D eigenvalue weighted by Gasteiger charge is 2.29. The van der Waals surface area contributed by atoms with Gasteiger partial charge in [0.15, 0.2) is 5.11 Å². The summed E-state index contributed by atoms with van der Waals surface area (Å²) in [5, 5.41) is 44.2. The lowest BCUT2D eigenvalue weighted by Gasteiger charge is -2.22. The number of nitrogens with one attached hydrogen (secondary N) is 6. The van der Waals surface area contributed by atoms with E-state index in [0.29, 0.717) is 44.3 Å². The number of hydrogen-bond acceptors (Lipinski definition) is 10. The Labute approximate surface area is 301 Å². The van der Waals surface area contributed by atoms with Crippen LogP contribution in [0.2, 0.25) is 0 Å². The lowest BCUT2D eigenvalue weighted by molar-refractivity contribution is -0.143. The number of aryl methyl sites for hydroxylation is 1. The van der Waals surface area contributed by atoms with Gasteiger partial charge in [-0.15, -0.1) is 0 Å². The first-order valence-electron chi connectivity index (χ1n) is 16.7. The molecule has 0 radical (unpaired) electrons. The molecule has 0 aliphatic carbocycles. The number of carbonyl (C=O) groups excluding carboxylic acids is 6. The van der Waals surface area contributed by atoms with Gasteiger partial charge < -0.3 is 47.2 Å². The molecule has 0 bridgehead atoms. The molecular formula is C33H47N7O10S. The monoisotopic (exact) mass is 733 g/mol. The second kappa shape index (κ2) is 22.7. The Morgan fingerprint density at radius 3 is 1.96 bits per heavy atom. The summed E-state index contributed by atoms with van der Waals surface area (Å²) in [6, 6.07) is 3.08. The molecule has 2 rings (SSSR count). The van der Waals surface area contributed by atoms with Crippen molar-refractivity contribution < 1.29 is 48.9 Å². The SMILES string of the molecule is CCc1ccc(NC(=S)NCC(=O)NC(CO)C(=O)NC(CO)C(=O)NC(CCCCNC(=O)CCCCCN2C(=O)C=CC2=O)C(=O)O)cc1. The number of aliphatic hydroxyl groups excluding tert-OH is 2. The molecule has 1 aliphatic rings. The Balaban J connectivity index is 1.68. The van der Waals surface area contributed by atoms with Crippen LogP contribution in [0.15, 0.2) is 36.4 Å². The maximum absolute atomic E-state index is 12.7. The molecule has 51 heavy (non-hydrogen) atoms. The van der Waals surface area contributed by atoms with Crippen molar-refractivity contribution in [3.05, 3.63) is 42.0 Å². The van der Waals surface area contributed by atoms with Crippen LogP contribution in [0.3, 0.4) is 0 Å². The average molecular weight is 734 g/mol. The zero-order valence-electron chi connectivity index (χ0n) is 28.4. The van der Waals surface area contributed by atoms with Gasteiger partial charge in [0.05, 0.1) is 19.8 Å². The van der Waals surface area contributed by atoms with E-state index < -0.39 is 55.0 Å². The van der Waals surface area contributed by atoms with Crippen LogP contribution in [0.25, 0.3) is 0 Å². The topological polar surface area (TPSA) is 256 Å². The van der Waals surface area contributed by atoms with Crippen LogP contribution >= 0.6 is 12.2 Å². The zero-order valence-corrected chi connectivity index (χ0v) is 29.3. The predicted molar refractivity (Wildman–Crippen MR) is 189 cm³/mol. The molecule has 0 saturated carbocycles. The summed E-state index contributed by atoms with van der Waals surface area (Å²) in [5.41, 5.74) is 1.84. The number of carboxylic acids is 1. The first-order chi connectivity index (χ1) is 24.4. The Morgan fingerprint density at radius 2 is 1.37 bits per heavy atom. The number of benzene rings is 1. The predicted octanol–water partition coefficient (Wildman–Crippen LogP) is -1.17. The fourth-order valence-electron chi connectivity index (χ4n) is 4.77. The van der Waals surface area contributed by atoms with Crippen LogP contribution in [-0.2, 0) is 40.0 Å². The van der Waals surface area contributed by atoms with Gasteiger partial charge in [0.2, 0.25) is 23.6 Å². The molecule has 0 spiro atoms. The number of thiocarbonyl (C=S) groups is 1. The Kier molecular flexibility index (Phi) is 18.8. The molecule has 1 aromatic rings. The number of imide groups is 1. The lowest BCUT2D eigenvalue weighted by atomic mass is 10.1. The number of aliphatic hydroxyl groups is 2. The molecule has 0 fully saturated rings. The van der Waals surface area contributed by atoms with Crippen molar-refractivity contribution in [2.45, 2.75) is 76.4 Å². The van der Waals surface area contributed by atoms with E-state index in [1.54, 1.807) is 0 Å². The smallest absolute Gasteiger partial charge is 0.326 e. The van der Waals surface area contributed by atoms with Gasteiger partial charge in [0, 0.05) is 37.3 Å². The number of carbonyl (C=O) groups is 7. The first-order valence-corrected chi connectivity index (χ1v) is 17.1. The number of hydrogen-bond donors (Lipinski definition) is 9. The molecule has 1 aliphatic heterocycles. The fourth-order valence-corrected chi connectivity index (χ4v) is 4.96. The summed E-state index contributed by atoms with van der Waals surface area (Å²) >= 11 is 5.17. The highest BCUT2D eigenvalue weighted by molar-refractivity contribution is 7.80. The minimum atomic E-state index is -1.58. The molecule has 6 amide bonds. The van der Waals surface area contributed by atoms with Crippen molar-refractivity contribution in [3.8, 4) is 0 Å². The number of anilines is 1.